The fourth-order valence-electron chi connectivity index (χ4n) is 2.96. The van der Waals surface area contributed by atoms with Crippen LogP contribution in [0.4, 0.5) is 14.5 Å². The molecule has 0 amide bonds. The van der Waals surface area contributed by atoms with Crippen LogP contribution in [-0.4, -0.2) is 24.3 Å². The van der Waals surface area contributed by atoms with E-state index in [9.17, 15) is 13.6 Å². The molecule has 0 spiro atoms. The number of hydrogen-bond donors (Lipinski definition) is 2. The van der Waals surface area contributed by atoms with E-state index in [1.165, 1.54) is 24.9 Å². The molecule has 6 nitrogen and oxygen atoms in total. The summed E-state index contributed by atoms with van der Waals surface area (Å²) in [5.74, 6) is -3.33. The first kappa shape index (κ1) is 27.6. The van der Waals surface area contributed by atoms with Crippen molar-refractivity contribution in [1.82, 2.24) is 0 Å². The van der Waals surface area contributed by atoms with Crippen molar-refractivity contribution in [2.75, 3.05) is 17.9 Å². The van der Waals surface area contributed by atoms with E-state index in [1.807, 2.05) is 38.1 Å². The Morgan fingerprint density at radius 3 is 2.11 bits per heavy atom. The smallest absolute Gasteiger partial charge is 0.331 e. The predicted molar refractivity (Wildman–Crippen MR) is 140 cm³/mol. The minimum absolute atomic E-state index is 0.0406. The second kappa shape index (κ2) is 13.4. The summed E-state index contributed by atoms with van der Waals surface area (Å²) in [6.45, 7) is 6.37. The first-order chi connectivity index (χ1) is 17.3. The zero-order valence-corrected chi connectivity index (χ0v) is 21.7. The summed E-state index contributed by atoms with van der Waals surface area (Å²) in [6.07, 6.45) is 1.18. The molecule has 3 rings (SSSR count). The molecule has 0 atom stereocenters. The number of nitrogens with one attached hydrogen (secondary N) is 1. The van der Waals surface area contributed by atoms with Crippen LogP contribution in [0.15, 0.2) is 71.1 Å². The van der Waals surface area contributed by atoms with E-state index in [0.717, 1.165) is 28.0 Å². The maximum atomic E-state index is 14.4. The molecule has 190 valence electrons. The summed E-state index contributed by atoms with van der Waals surface area (Å²) in [4.78, 5) is 11.8. The molecule has 0 unspecified atom stereocenters. The Labute approximate surface area is 214 Å². The molecule has 3 aromatic rings. The van der Waals surface area contributed by atoms with Gasteiger partial charge in [-0.05, 0) is 105 Å². The fourth-order valence-corrected chi connectivity index (χ4v) is 4.83. The van der Waals surface area contributed by atoms with Gasteiger partial charge < -0.3 is 23.6 Å². The van der Waals surface area contributed by atoms with Crippen molar-refractivity contribution in [1.29, 1.82) is 0 Å². The molecule has 0 aromatic heterocycles. The van der Waals surface area contributed by atoms with Crippen molar-refractivity contribution >= 4 is 43.4 Å². The number of carboxylic acid groups (broad SMARTS) is 1. The molecule has 0 fully saturated rings. The third-order valence-corrected chi connectivity index (χ3v) is 7.19. The van der Waals surface area contributed by atoms with Gasteiger partial charge in [0.2, 0.25) is 8.38 Å². The number of carbonyl (C=O) groups is 1. The van der Waals surface area contributed by atoms with E-state index in [0.29, 0.717) is 13.2 Å². The van der Waals surface area contributed by atoms with Crippen LogP contribution in [0, 0.1) is 11.6 Å². The highest BCUT2D eigenvalue weighted by Gasteiger charge is 2.15. The highest BCUT2D eigenvalue weighted by Crippen LogP contribution is 2.37. The molecule has 3 aromatic carbocycles. The Kier molecular flexibility index (Phi) is 10.3. The van der Waals surface area contributed by atoms with Gasteiger partial charge in [-0.3, -0.25) is 0 Å². The molecular weight excluding hydrogens is 507 g/mol. The lowest BCUT2D eigenvalue weighted by molar-refractivity contribution is -0.132. The Balaban J connectivity index is 1.61. The van der Waals surface area contributed by atoms with Crippen LogP contribution in [0.5, 0.6) is 11.5 Å². The van der Waals surface area contributed by atoms with Gasteiger partial charge in [0.25, 0.3) is 0 Å². The van der Waals surface area contributed by atoms with Crippen molar-refractivity contribution < 1.29 is 32.5 Å². The number of anilines is 1. The largest absolute Gasteiger partial charge is 0.478 e. The topological polar surface area (TPSA) is 77.0 Å². The van der Waals surface area contributed by atoms with Crippen LogP contribution < -0.4 is 14.8 Å². The van der Waals surface area contributed by atoms with Gasteiger partial charge in [0.1, 0.15) is 5.75 Å². The van der Waals surface area contributed by atoms with Crippen molar-refractivity contribution in [2.45, 2.75) is 25.7 Å². The lowest BCUT2D eigenvalue weighted by atomic mass is 10.1. The van der Waals surface area contributed by atoms with Gasteiger partial charge in [-0.2, -0.15) is 0 Å². The average molecular weight is 534 g/mol. The predicted octanol–water partition coefficient (Wildman–Crippen LogP) is 7.37. The molecule has 2 N–H and O–H groups in total. The Hall–Kier alpha value is -2.97. The fraction of sp³-hybridized carbons (Fsp3) is 0.192. The number of carboxylic acids is 1. The molecule has 0 aliphatic carbocycles. The zero-order chi connectivity index (χ0) is 26.1. The van der Waals surface area contributed by atoms with Gasteiger partial charge >= 0.3 is 5.97 Å². The lowest BCUT2D eigenvalue weighted by Gasteiger charge is -2.16. The first-order valence-corrected chi connectivity index (χ1v) is 13.1. The highest BCUT2D eigenvalue weighted by atomic mass is 32.2. The quantitative estimate of drug-likeness (QED) is 0.143. The van der Waals surface area contributed by atoms with Gasteiger partial charge in [-0.25, -0.2) is 13.6 Å². The van der Waals surface area contributed by atoms with Gasteiger partial charge in [-0.15, -0.1) is 0 Å². The van der Waals surface area contributed by atoms with Crippen molar-refractivity contribution in [3.05, 3.63) is 83.4 Å². The van der Waals surface area contributed by atoms with Crippen molar-refractivity contribution in [3.8, 4) is 11.5 Å². The van der Waals surface area contributed by atoms with E-state index in [-0.39, 0.29) is 16.9 Å². The highest BCUT2D eigenvalue weighted by molar-refractivity contribution is 8.00. The number of halogens is 2. The van der Waals surface area contributed by atoms with Crippen molar-refractivity contribution in [2.24, 2.45) is 0 Å². The van der Waals surface area contributed by atoms with Crippen LogP contribution in [0.2, 0.25) is 0 Å². The molecule has 0 heterocycles. The monoisotopic (exact) mass is 533 g/mol. The zero-order valence-electron chi connectivity index (χ0n) is 20.0. The summed E-state index contributed by atoms with van der Waals surface area (Å²) >= 11 is 1.37. The van der Waals surface area contributed by atoms with E-state index in [2.05, 4.69) is 4.72 Å². The molecule has 36 heavy (non-hydrogen) atoms. The van der Waals surface area contributed by atoms with Gasteiger partial charge in [-0.1, -0.05) is 0 Å². The normalized spacial score (nSPS) is 11.6. The van der Waals surface area contributed by atoms with Gasteiger partial charge in [0.15, 0.2) is 17.4 Å². The van der Waals surface area contributed by atoms with Crippen LogP contribution in [-0.2, 0) is 13.8 Å². The van der Waals surface area contributed by atoms with E-state index in [4.69, 9.17) is 18.9 Å². The van der Waals surface area contributed by atoms with Crippen LogP contribution in [0.25, 0.3) is 6.08 Å². The summed E-state index contributed by atoms with van der Waals surface area (Å²) in [5.41, 5.74) is 0.945. The minimum Gasteiger partial charge on any atom is -0.478 e. The first-order valence-electron chi connectivity index (χ1n) is 11.1. The van der Waals surface area contributed by atoms with Crippen LogP contribution in [0.3, 0.4) is 0 Å². The molecular formula is C26H26F2NO5PS. The standard InChI is InChI=1S/C26H26F2NO5PS/c1-4-32-35(33-5-2)21-10-6-19(7-11-21)29-36-22-12-8-20(9-13-22)34-25-23(27)15-18(16-24(25)28)14-17(3)26(30)31/h6-16,29H,4-5H2,1-3H3,(H,30,31)/b17-14+. The lowest BCUT2D eigenvalue weighted by Crippen LogP contribution is -2.06. The molecule has 10 heteroatoms. The Morgan fingerprint density at radius 2 is 1.58 bits per heavy atom. The molecule has 0 saturated heterocycles. The Morgan fingerprint density at radius 1 is 1.00 bits per heavy atom. The molecule has 0 saturated carbocycles. The third-order valence-electron chi connectivity index (χ3n) is 4.64. The van der Waals surface area contributed by atoms with Crippen molar-refractivity contribution in [3.63, 3.8) is 0 Å². The van der Waals surface area contributed by atoms with E-state index < -0.39 is 31.7 Å². The number of benzene rings is 3. The van der Waals surface area contributed by atoms with Crippen LogP contribution >= 0.6 is 20.3 Å². The van der Waals surface area contributed by atoms with Gasteiger partial charge in [0.05, 0.1) is 13.2 Å². The summed E-state index contributed by atoms with van der Waals surface area (Å²) in [6, 6.07) is 16.6. The number of hydrogen-bond acceptors (Lipinski definition) is 6. The summed E-state index contributed by atoms with van der Waals surface area (Å²) < 4.78 is 48.8. The second-order valence-corrected chi connectivity index (χ2v) is 9.79. The Bertz CT molecular complexity index is 1180. The molecule has 0 aliphatic rings. The molecule has 0 bridgehead atoms. The second-order valence-electron chi connectivity index (χ2n) is 7.36. The average Bonchev–Trinajstić information content (AvgIpc) is 2.86. The van der Waals surface area contributed by atoms with Gasteiger partial charge in [0, 0.05) is 21.5 Å². The minimum atomic E-state index is -1.17. The molecule has 0 aliphatic heterocycles. The van der Waals surface area contributed by atoms with Crippen LogP contribution in [0.1, 0.15) is 26.3 Å². The van der Waals surface area contributed by atoms with E-state index in [1.54, 1.807) is 24.3 Å². The number of ether oxygens (including phenoxy) is 1. The maximum absolute atomic E-state index is 14.4. The molecule has 0 radical (unpaired) electrons. The number of rotatable bonds is 12. The number of aliphatic carboxylic acids is 1. The summed E-state index contributed by atoms with van der Waals surface area (Å²) in [5, 5.41) is 9.92. The maximum Gasteiger partial charge on any atom is 0.331 e. The third kappa shape index (κ3) is 7.77. The SMILES string of the molecule is CCOP(OCC)c1ccc(NSc2ccc(Oc3c(F)cc(/C=C(\C)C(=O)O)cc3F)cc2)cc1. The van der Waals surface area contributed by atoms with E-state index >= 15 is 0 Å². The summed E-state index contributed by atoms with van der Waals surface area (Å²) in [7, 11) is -1.09.